The Morgan fingerprint density at radius 1 is 1.32 bits per heavy atom. The van der Waals surface area contributed by atoms with Gasteiger partial charge in [0.2, 0.25) is 11.8 Å². The van der Waals surface area contributed by atoms with Crippen LogP contribution in [0, 0.1) is 0 Å². The molecule has 0 saturated heterocycles. The number of carbonyl (C=O) groups is 2. The number of nitrogens with zero attached hydrogens (tertiary/aromatic N) is 1. The highest BCUT2D eigenvalue weighted by Crippen LogP contribution is 2.29. The summed E-state index contributed by atoms with van der Waals surface area (Å²) in [6.07, 6.45) is 1.38. The fourth-order valence-corrected chi connectivity index (χ4v) is 3.69. The molecule has 3 rings (SSSR count). The van der Waals surface area contributed by atoms with E-state index in [9.17, 15) is 9.59 Å². The first-order chi connectivity index (χ1) is 12.1. The van der Waals surface area contributed by atoms with Gasteiger partial charge in [-0.2, -0.15) is 0 Å². The molecule has 2 atom stereocenters. The van der Waals surface area contributed by atoms with E-state index in [4.69, 9.17) is 0 Å². The Kier molecular flexibility index (Phi) is 5.50. The quantitative estimate of drug-likeness (QED) is 0.863. The number of thiophene rings is 1. The van der Waals surface area contributed by atoms with Crippen LogP contribution >= 0.6 is 11.3 Å². The normalized spacial score (nSPS) is 18.4. The standard InChI is InChI=1S/C19H23N3O2S/c1-13(20-2)18(23)21-16-10-9-14-6-3-4-8-17(14)22(19(16)24)12-15-7-5-11-25-15/h3-8,11,13,16,20H,9-10,12H2,1-2H3,(H,21,23). The highest BCUT2D eigenvalue weighted by molar-refractivity contribution is 7.09. The van der Waals surface area contributed by atoms with Crippen molar-refractivity contribution in [2.75, 3.05) is 11.9 Å². The number of para-hydroxylation sites is 1. The van der Waals surface area contributed by atoms with Crippen LogP contribution in [0.1, 0.15) is 23.8 Å². The summed E-state index contributed by atoms with van der Waals surface area (Å²) in [5.74, 6) is -0.196. The minimum atomic E-state index is -0.504. The predicted molar refractivity (Wildman–Crippen MR) is 101 cm³/mol. The SMILES string of the molecule is CNC(C)C(=O)NC1CCc2ccccc2N(Cc2cccs2)C1=O. The fraction of sp³-hybridized carbons (Fsp3) is 0.368. The van der Waals surface area contributed by atoms with Crippen molar-refractivity contribution in [3.8, 4) is 0 Å². The Hall–Kier alpha value is -2.18. The number of hydrogen-bond donors (Lipinski definition) is 2. The largest absolute Gasteiger partial charge is 0.343 e. The Morgan fingerprint density at radius 3 is 2.84 bits per heavy atom. The predicted octanol–water partition coefficient (Wildman–Crippen LogP) is 2.32. The maximum absolute atomic E-state index is 13.2. The summed E-state index contributed by atoms with van der Waals surface area (Å²) in [6.45, 7) is 2.32. The van der Waals surface area contributed by atoms with Gasteiger partial charge in [0.1, 0.15) is 6.04 Å². The van der Waals surface area contributed by atoms with Gasteiger partial charge in [-0.05, 0) is 49.9 Å². The number of nitrogens with one attached hydrogen (secondary N) is 2. The molecule has 1 aromatic heterocycles. The van der Waals surface area contributed by atoms with Crippen LogP contribution in [0.15, 0.2) is 41.8 Å². The first kappa shape index (κ1) is 17.6. The highest BCUT2D eigenvalue weighted by Gasteiger charge is 2.32. The molecule has 132 valence electrons. The van der Waals surface area contributed by atoms with Gasteiger partial charge in [0.25, 0.3) is 0 Å². The maximum atomic E-state index is 13.2. The third kappa shape index (κ3) is 3.91. The van der Waals surface area contributed by atoms with Crippen molar-refractivity contribution in [1.82, 2.24) is 10.6 Å². The van der Waals surface area contributed by atoms with Crippen LogP contribution in [-0.4, -0.2) is 30.9 Å². The van der Waals surface area contributed by atoms with Crippen LogP contribution < -0.4 is 15.5 Å². The van der Waals surface area contributed by atoms with Gasteiger partial charge < -0.3 is 15.5 Å². The lowest BCUT2D eigenvalue weighted by molar-refractivity contribution is -0.128. The molecule has 0 fully saturated rings. The number of hydrogen-bond acceptors (Lipinski definition) is 4. The van der Waals surface area contributed by atoms with Crippen molar-refractivity contribution in [2.24, 2.45) is 0 Å². The number of likely N-dealkylation sites (N-methyl/N-ethyl adjacent to an activating group) is 1. The van der Waals surface area contributed by atoms with E-state index in [0.29, 0.717) is 13.0 Å². The van der Waals surface area contributed by atoms with Crippen LogP contribution in [0.2, 0.25) is 0 Å². The monoisotopic (exact) mass is 357 g/mol. The van der Waals surface area contributed by atoms with Gasteiger partial charge in [0, 0.05) is 10.6 Å². The van der Waals surface area contributed by atoms with E-state index in [2.05, 4.69) is 16.7 Å². The van der Waals surface area contributed by atoms with E-state index in [1.807, 2.05) is 40.6 Å². The second kappa shape index (κ2) is 7.80. The Labute approximate surface area is 152 Å². The summed E-state index contributed by atoms with van der Waals surface area (Å²) >= 11 is 1.63. The minimum absolute atomic E-state index is 0.0463. The zero-order valence-corrected chi connectivity index (χ0v) is 15.3. The van der Waals surface area contributed by atoms with Gasteiger partial charge in [-0.1, -0.05) is 24.3 Å². The molecule has 2 unspecified atom stereocenters. The number of anilines is 1. The summed E-state index contributed by atoms with van der Waals surface area (Å²) in [5.41, 5.74) is 2.09. The Bertz CT molecular complexity index is 745. The average Bonchev–Trinajstić information content (AvgIpc) is 3.11. The number of fused-ring (bicyclic) bond motifs is 1. The maximum Gasteiger partial charge on any atom is 0.249 e. The molecule has 2 amide bonds. The van der Waals surface area contributed by atoms with Gasteiger partial charge >= 0.3 is 0 Å². The smallest absolute Gasteiger partial charge is 0.249 e. The third-order valence-corrected chi connectivity index (χ3v) is 5.45. The molecule has 6 heteroatoms. The molecule has 1 aromatic carbocycles. The zero-order valence-electron chi connectivity index (χ0n) is 14.5. The molecule has 0 saturated carbocycles. The number of rotatable bonds is 5. The fourth-order valence-electron chi connectivity index (χ4n) is 3.00. The van der Waals surface area contributed by atoms with E-state index >= 15 is 0 Å². The molecule has 1 aliphatic heterocycles. The summed E-state index contributed by atoms with van der Waals surface area (Å²) < 4.78 is 0. The summed E-state index contributed by atoms with van der Waals surface area (Å²) in [7, 11) is 1.73. The van der Waals surface area contributed by atoms with Crippen molar-refractivity contribution in [3.63, 3.8) is 0 Å². The van der Waals surface area contributed by atoms with E-state index in [1.54, 1.807) is 25.3 Å². The van der Waals surface area contributed by atoms with Crippen molar-refractivity contribution in [3.05, 3.63) is 52.2 Å². The van der Waals surface area contributed by atoms with Gasteiger partial charge in [-0.15, -0.1) is 11.3 Å². The number of benzene rings is 1. The molecule has 2 aromatic rings. The van der Waals surface area contributed by atoms with Gasteiger partial charge in [0.15, 0.2) is 0 Å². The average molecular weight is 357 g/mol. The van der Waals surface area contributed by atoms with Crippen LogP contribution in [-0.2, 0) is 22.6 Å². The van der Waals surface area contributed by atoms with E-state index in [0.717, 1.165) is 22.5 Å². The second-order valence-corrected chi connectivity index (χ2v) is 7.27. The van der Waals surface area contributed by atoms with Gasteiger partial charge in [-0.25, -0.2) is 0 Å². The number of aryl methyl sites for hydroxylation is 1. The van der Waals surface area contributed by atoms with Gasteiger partial charge in [0.05, 0.1) is 12.6 Å². The van der Waals surface area contributed by atoms with Crippen LogP contribution in [0.5, 0.6) is 0 Å². The van der Waals surface area contributed by atoms with Crippen LogP contribution in [0.4, 0.5) is 5.69 Å². The molecular formula is C19H23N3O2S. The molecule has 0 radical (unpaired) electrons. The lowest BCUT2D eigenvalue weighted by Gasteiger charge is -2.26. The highest BCUT2D eigenvalue weighted by atomic mass is 32.1. The van der Waals surface area contributed by atoms with E-state index < -0.39 is 6.04 Å². The van der Waals surface area contributed by atoms with Crippen LogP contribution in [0.3, 0.4) is 0 Å². The summed E-state index contributed by atoms with van der Waals surface area (Å²) in [5, 5.41) is 7.84. The first-order valence-electron chi connectivity index (χ1n) is 8.49. The molecule has 5 nitrogen and oxygen atoms in total. The number of carbonyl (C=O) groups excluding carboxylic acids is 2. The van der Waals surface area contributed by atoms with Crippen molar-refractivity contribution >= 4 is 28.8 Å². The lowest BCUT2D eigenvalue weighted by Crippen LogP contribution is -2.51. The van der Waals surface area contributed by atoms with E-state index in [-0.39, 0.29) is 17.9 Å². The molecular weight excluding hydrogens is 334 g/mol. The molecule has 0 aliphatic carbocycles. The minimum Gasteiger partial charge on any atom is -0.343 e. The number of amides is 2. The molecule has 25 heavy (non-hydrogen) atoms. The topological polar surface area (TPSA) is 61.4 Å². The lowest BCUT2D eigenvalue weighted by atomic mass is 10.1. The second-order valence-electron chi connectivity index (χ2n) is 6.24. The summed E-state index contributed by atoms with van der Waals surface area (Å²) in [4.78, 5) is 28.4. The Balaban J connectivity index is 1.88. The van der Waals surface area contributed by atoms with E-state index in [1.165, 1.54) is 0 Å². The molecule has 2 N–H and O–H groups in total. The molecule has 1 aliphatic rings. The zero-order chi connectivity index (χ0) is 17.8. The summed E-state index contributed by atoms with van der Waals surface area (Å²) in [6, 6.07) is 11.2. The Morgan fingerprint density at radius 2 is 2.12 bits per heavy atom. The third-order valence-electron chi connectivity index (χ3n) is 4.59. The molecule has 0 spiro atoms. The van der Waals surface area contributed by atoms with Crippen molar-refractivity contribution in [2.45, 2.75) is 38.4 Å². The first-order valence-corrected chi connectivity index (χ1v) is 9.37. The molecule has 0 bridgehead atoms. The van der Waals surface area contributed by atoms with Crippen molar-refractivity contribution in [1.29, 1.82) is 0 Å². The van der Waals surface area contributed by atoms with Crippen LogP contribution in [0.25, 0.3) is 0 Å². The van der Waals surface area contributed by atoms with Gasteiger partial charge in [-0.3, -0.25) is 9.59 Å². The van der Waals surface area contributed by atoms with Crippen molar-refractivity contribution < 1.29 is 9.59 Å². The molecule has 2 heterocycles.